The van der Waals surface area contributed by atoms with E-state index in [1.165, 1.54) is 0 Å². The van der Waals surface area contributed by atoms with Gasteiger partial charge < -0.3 is 14.8 Å². The molecule has 0 spiro atoms. The third-order valence-corrected chi connectivity index (χ3v) is 4.78. The topological polar surface area (TPSA) is 81.7 Å². The van der Waals surface area contributed by atoms with Gasteiger partial charge in [-0.15, -0.1) is 0 Å². The summed E-state index contributed by atoms with van der Waals surface area (Å²) in [5.41, 5.74) is 1.10. The predicted octanol–water partition coefficient (Wildman–Crippen LogP) is 3.88. The number of likely N-dealkylation sites (N-methyl/N-ethyl adjacent to an activating group) is 1. The number of carbonyl (C=O) groups is 3. The number of ketones is 1. The Morgan fingerprint density at radius 2 is 1.48 bits per heavy atom. The zero-order chi connectivity index (χ0) is 23.2. The fourth-order valence-electron chi connectivity index (χ4n) is 3.10. The van der Waals surface area contributed by atoms with E-state index in [2.05, 4.69) is 5.32 Å². The second kappa shape index (κ2) is 10.4. The Morgan fingerprint density at radius 3 is 2.06 bits per heavy atom. The first-order valence-corrected chi connectivity index (χ1v) is 10.3. The van der Waals surface area contributed by atoms with E-state index >= 15 is 0 Å². The van der Waals surface area contributed by atoms with Crippen molar-refractivity contribution in [1.82, 2.24) is 5.32 Å². The molecule has 2 aromatic carbocycles. The van der Waals surface area contributed by atoms with Crippen LogP contribution in [-0.2, 0) is 19.1 Å². The lowest BCUT2D eigenvalue weighted by atomic mass is 9.95. The van der Waals surface area contributed by atoms with Crippen LogP contribution in [0.15, 0.2) is 54.6 Å². The van der Waals surface area contributed by atoms with Gasteiger partial charge in [0.1, 0.15) is 17.7 Å². The molecule has 0 heterocycles. The maximum Gasteiger partial charge on any atom is 0.327 e. The number of hydrogen-bond acceptors (Lipinski definition) is 6. The van der Waals surface area contributed by atoms with Gasteiger partial charge in [-0.05, 0) is 53.3 Å². The summed E-state index contributed by atoms with van der Waals surface area (Å²) in [6.07, 6.45) is -0.732. The molecule has 0 aliphatic heterocycles. The summed E-state index contributed by atoms with van der Waals surface area (Å²) in [7, 11) is 1.61. The van der Waals surface area contributed by atoms with Gasteiger partial charge in [0.2, 0.25) is 0 Å². The number of carbonyl (C=O) groups excluding carboxylic acids is 3. The molecule has 6 heteroatoms. The van der Waals surface area contributed by atoms with Gasteiger partial charge in [0, 0.05) is 11.1 Å². The Bertz CT molecular complexity index is 917. The molecule has 2 unspecified atom stereocenters. The summed E-state index contributed by atoms with van der Waals surface area (Å²) in [6, 6.07) is 15.1. The number of ether oxygens (including phenoxy) is 2. The van der Waals surface area contributed by atoms with Crippen molar-refractivity contribution < 1.29 is 23.9 Å². The second-order valence-corrected chi connectivity index (χ2v) is 8.48. The van der Waals surface area contributed by atoms with Crippen LogP contribution in [0.3, 0.4) is 0 Å². The van der Waals surface area contributed by atoms with E-state index in [1.807, 2.05) is 6.07 Å². The molecule has 1 N–H and O–H groups in total. The van der Waals surface area contributed by atoms with Gasteiger partial charge in [0.25, 0.3) is 0 Å². The van der Waals surface area contributed by atoms with Crippen molar-refractivity contribution in [2.75, 3.05) is 7.05 Å². The molecule has 6 nitrogen and oxygen atoms in total. The lowest BCUT2D eigenvalue weighted by Gasteiger charge is -2.27. The number of rotatable bonds is 8. The fraction of sp³-hybridized carbons (Fsp3) is 0.400. The summed E-state index contributed by atoms with van der Waals surface area (Å²) in [5.74, 6) is -1.70. The molecule has 0 aliphatic rings. The first-order valence-electron chi connectivity index (χ1n) is 10.3. The maximum absolute atomic E-state index is 12.7. The van der Waals surface area contributed by atoms with Crippen LogP contribution in [0.2, 0.25) is 0 Å². The Hall–Kier alpha value is -2.99. The van der Waals surface area contributed by atoms with Crippen LogP contribution in [0.1, 0.15) is 62.0 Å². The molecular formula is C25H31NO5. The summed E-state index contributed by atoms with van der Waals surface area (Å²) < 4.78 is 10.9. The predicted molar refractivity (Wildman–Crippen MR) is 119 cm³/mol. The van der Waals surface area contributed by atoms with Crippen LogP contribution in [-0.4, -0.2) is 42.5 Å². The van der Waals surface area contributed by atoms with Gasteiger partial charge >= 0.3 is 11.9 Å². The number of esters is 2. The lowest BCUT2D eigenvalue weighted by molar-refractivity contribution is -0.165. The Balaban J connectivity index is 2.10. The van der Waals surface area contributed by atoms with Gasteiger partial charge in [0.05, 0.1) is 5.92 Å². The monoisotopic (exact) mass is 425 g/mol. The molecule has 0 bridgehead atoms. The van der Waals surface area contributed by atoms with E-state index in [9.17, 15) is 14.4 Å². The highest BCUT2D eigenvalue weighted by Crippen LogP contribution is 2.21. The number of benzene rings is 2. The van der Waals surface area contributed by atoms with Crippen LogP contribution < -0.4 is 5.32 Å². The molecule has 166 valence electrons. The van der Waals surface area contributed by atoms with Crippen molar-refractivity contribution in [2.24, 2.45) is 0 Å². The molecule has 0 saturated heterocycles. The van der Waals surface area contributed by atoms with Gasteiger partial charge in [-0.1, -0.05) is 48.5 Å². The van der Waals surface area contributed by atoms with Gasteiger partial charge in [0.15, 0.2) is 5.78 Å². The molecule has 2 rings (SSSR count). The molecule has 3 atom stereocenters. The molecule has 0 aromatic heterocycles. The maximum atomic E-state index is 12.7. The number of hydrogen-bond donors (Lipinski definition) is 1. The summed E-state index contributed by atoms with van der Waals surface area (Å²) in [6.45, 7) is 8.69. The molecule has 2 aromatic rings. The highest BCUT2D eigenvalue weighted by Gasteiger charge is 2.32. The van der Waals surface area contributed by atoms with E-state index in [4.69, 9.17) is 9.47 Å². The summed E-state index contributed by atoms with van der Waals surface area (Å²) in [5, 5.41) is 2.85. The van der Waals surface area contributed by atoms with Crippen LogP contribution in [0.25, 0.3) is 0 Å². The van der Waals surface area contributed by atoms with E-state index in [-0.39, 0.29) is 5.78 Å². The molecular weight excluding hydrogens is 394 g/mol. The van der Waals surface area contributed by atoms with E-state index in [0.717, 1.165) is 0 Å². The quantitative estimate of drug-likeness (QED) is 0.511. The first kappa shape index (κ1) is 24.3. The third kappa shape index (κ3) is 6.76. The minimum atomic E-state index is -0.790. The largest absolute Gasteiger partial charge is 0.460 e. The van der Waals surface area contributed by atoms with Crippen LogP contribution in [0.5, 0.6) is 0 Å². The fourth-order valence-corrected chi connectivity index (χ4v) is 3.10. The zero-order valence-corrected chi connectivity index (χ0v) is 19.0. The van der Waals surface area contributed by atoms with E-state index in [1.54, 1.807) is 90.2 Å². The minimum absolute atomic E-state index is 0.114. The normalized spacial score (nSPS) is 14.3. The molecule has 0 saturated carbocycles. The van der Waals surface area contributed by atoms with Crippen molar-refractivity contribution in [2.45, 2.75) is 58.3 Å². The molecule has 0 fully saturated rings. The van der Waals surface area contributed by atoms with Crippen LogP contribution >= 0.6 is 0 Å². The standard InChI is InChI=1S/C25H31NO5/c1-16(23(28)30-17(2)21(26-6)24(29)31-25(3,4)5)19-13-10-14-20(15-19)22(27)18-11-8-7-9-12-18/h7-17,21,26H,1-6H3/t16?,17-,21?/m1/s1. The van der Waals surface area contributed by atoms with Crippen LogP contribution in [0.4, 0.5) is 0 Å². The van der Waals surface area contributed by atoms with Gasteiger partial charge in [-0.25, -0.2) is 0 Å². The molecule has 0 radical (unpaired) electrons. The first-order chi connectivity index (χ1) is 14.5. The summed E-state index contributed by atoms with van der Waals surface area (Å²) >= 11 is 0. The highest BCUT2D eigenvalue weighted by molar-refractivity contribution is 6.09. The Morgan fingerprint density at radius 1 is 0.871 bits per heavy atom. The van der Waals surface area contributed by atoms with E-state index in [0.29, 0.717) is 16.7 Å². The van der Waals surface area contributed by atoms with Crippen LogP contribution in [0, 0.1) is 0 Å². The Kier molecular flexibility index (Phi) is 8.11. The van der Waals surface area contributed by atoms with Gasteiger partial charge in [-0.3, -0.25) is 14.4 Å². The minimum Gasteiger partial charge on any atom is -0.460 e. The highest BCUT2D eigenvalue weighted by atomic mass is 16.6. The average molecular weight is 426 g/mol. The van der Waals surface area contributed by atoms with E-state index < -0.39 is 35.6 Å². The molecule has 0 aliphatic carbocycles. The lowest BCUT2D eigenvalue weighted by Crippen LogP contribution is -2.48. The van der Waals surface area contributed by atoms with Crippen molar-refractivity contribution in [3.05, 3.63) is 71.3 Å². The van der Waals surface area contributed by atoms with Crippen molar-refractivity contribution in [1.29, 1.82) is 0 Å². The molecule has 0 amide bonds. The van der Waals surface area contributed by atoms with Crippen molar-refractivity contribution >= 4 is 17.7 Å². The van der Waals surface area contributed by atoms with Gasteiger partial charge in [-0.2, -0.15) is 0 Å². The zero-order valence-electron chi connectivity index (χ0n) is 19.0. The Labute approximate surface area is 183 Å². The summed E-state index contributed by atoms with van der Waals surface area (Å²) in [4.78, 5) is 37.8. The second-order valence-electron chi connectivity index (χ2n) is 8.48. The SMILES string of the molecule is CNC(C(=O)OC(C)(C)C)[C@@H](C)OC(=O)C(C)c1cccc(C(=O)c2ccccc2)c1. The third-order valence-electron chi connectivity index (χ3n) is 4.78. The molecule has 31 heavy (non-hydrogen) atoms. The number of nitrogens with one attached hydrogen (secondary N) is 1. The van der Waals surface area contributed by atoms with Crippen molar-refractivity contribution in [3.8, 4) is 0 Å². The van der Waals surface area contributed by atoms with Crippen molar-refractivity contribution in [3.63, 3.8) is 0 Å². The average Bonchev–Trinajstić information content (AvgIpc) is 2.72. The smallest absolute Gasteiger partial charge is 0.327 e.